The second-order valence-electron chi connectivity index (χ2n) is 14.8. The molecule has 15 heteroatoms. The minimum absolute atomic E-state index is 0.0183. The van der Waals surface area contributed by atoms with Gasteiger partial charge in [-0.05, 0) is 32.4 Å². The van der Waals surface area contributed by atoms with Gasteiger partial charge in [0.15, 0.2) is 34.5 Å². The number of ether oxygens (including phenoxy) is 9. The van der Waals surface area contributed by atoms with Crippen LogP contribution in [-0.2, 0) is 23.7 Å². The quantitative estimate of drug-likeness (QED) is 0.353. The lowest BCUT2D eigenvalue weighted by Gasteiger charge is -2.29. The van der Waals surface area contributed by atoms with Gasteiger partial charge in [0.05, 0.1) is 48.1 Å². The van der Waals surface area contributed by atoms with Crippen molar-refractivity contribution in [2.24, 2.45) is 5.41 Å². The zero-order valence-corrected chi connectivity index (χ0v) is 33.8. The highest BCUT2D eigenvalue weighted by Gasteiger charge is 2.49. The number of thioether (sulfide) groups is 3. The Morgan fingerprint density at radius 1 is 0.577 bits per heavy atom. The van der Waals surface area contributed by atoms with Gasteiger partial charge in [-0.15, -0.1) is 34.4 Å². The van der Waals surface area contributed by atoms with Gasteiger partial charge in [-0.1, -0.05) is 44.3 Å². The topological polar surface area (TPSA) is 86.3 Å². The van der Waals surface area contributed by atoms with Crippen molar-refractivity contribution in [1.29, 1.82) is 0 Å². The van der Waals surface area contributed by atoms with Crippen molar-refractivity contribution in [3.8, 4) is 23.0 Å². The van der Waals surface area contributed by atoms with Crippen molar-refractivity contribution in [2.45, 2.75) is 56.4 Å². The summed E-state index contributed by atoms with van der Waals surface area (Å²) in [6.07, 6.45) is 1.47. The van der Waals surface area contributed by atoms with Crippen LogP contribution in [0.4, 0.5) is 0 Å². The van der Waals surface area contributed by atoms with E-state index in [2.05, 4.69) is 39.8 Å². The highest BCUT2D eigenvalue weighted by atomic mass is 32.2. The van der Waals surface area contributed by atoms with E-state index in [4.69, 9.17) is 42.6 Å². The van der Waals surface area contributed by atoms with E-state index >= 15 is 0 Å². The molecule has 10 nitrogen and oxygen atoms in total. The fourth-order valence-corrected chi connectivity index (χ4v) is 14.8. The summed E-state index contributed by atoms with van der Waals surface area (Å²) in [5, 5.41) is 0.279. The number of hydrogen-bond donors (Lipinski definition) is 0. The Morgan fingerprint density at radius 3 is 1.83 bits per heavy atom. The van der Waals surface area contributed by atoms with Crippen LogP contribution in [-0.4, -0.2) is 101 Å². The molecule has 2 saturated heterocycles. The van der Waals surface area contributed by atoms with E-state index in [0.29, 0.717) is 52.9 Å². The van der Waals surface area contributed by atoms with E-state index in [1.165, 1.54) is 10.5 Å². The van der Waals surface area contributed by atoms with Gasteiger partial charge >= 0.3 is 0 Å². The Labute approximate surface area is 322 Å². The van der Waals surface area contributed by atoms with Gasteiger partial charge in [-0.2, -0.15) is 0 Å². The maximum atomic E-state index is 6.56. The molecule has 2 fully saturated rings. The monoisotopic (exact) mass is 803 g/mol. The molecule has 0 radical (unpaired) electrons. The van der Waals surface area contributed by atoms with E-state index < -0.39 is 0 Å². The Kier molecular flexibility index (Phi) is 8.78. The van der Waals surface area contributed by atoms with Crippen molar-refractivity contribution in [1.82, 2.24) is 4.90 Å². The maximum Gasteiger partial charge on any atom is 0.181 e. The molecule has 0 aromatic carbocycles. The molecule has 52 heavy (non-hydrogen) atoms. The van der Waals surface area contributed by atoms with Crippen LogP contribution in [0.1, 0.15) is 33.6 Å². The smallest absolute Gasteiger partial charge is 0.181 e. The molecule has 0 bridgehead atoms. The summed E-state index contributed by atoms with van der Waals surface area (Å²) in [5.74, 6) is 6.00. The molecule has 0 N–H and O–H groups in total. The molecule has 2 aromatic heterocycles. The third-order valence-electron chi connectivity index (χ3n) is 9.95. The maximum absolute atomic E-state index is 6.56. The standard InChI is InChI=1S/C37H41NO9S5/c1-37(2,3)35-26-25(46-15-16-47-26)34(51-35)33-24-23(44-13-14-45-24)32(50-33)31-22-21(42-11-12-43-22)30(49-31)29-20-19(40-9-10-41-20)28(48-29)27-17-7-6-8-39-18(17)36(52-27)38(4)5/h23-24,35-36H,6-16H2,1-5H3/b28-27+,30-29+,32-31+,34-33+. The zero-order chi connectivity index (χ0) is 35.3. The van der Waals surface area contributed by atoms with Gasteiger partial charge in [0, 0.05) is 20.3 Å². The van der Waals surface area contributed by atoms with Crippen LogP contribution in [0.5, 0.6) is 23.0 Å². The van der Waals surface area contributed by atoms with Gasteiger partial charge in [-0.3, -0.25) is 4.90 Å². The van der Waals surface area contributed by atoms with E-state index in [-0.39, 0.29) is 28.2 Å². The molecule has 8 aliphatic heterocycles. The number of thiophene rings is 2. The van der Waals surface area contributed by atoms with Crippen LogP contribution in [0.15, 0.2) is 32.7 Å². The Bertz CT molecular complexity index is 2160. The predicted octanol–water partition coefficient (Wildman–Crippen LogP) is 5.72. The van der Waals surface area contributed by atoms with Crippen LogP contribution in [0.25, 0.3) is 9.81 Å². The van der Waals surface area contributed by atoms with Crippen molar-refractivity contribution < 1.29 is 42.6 Å². The van der Waals surface area contributed by atoms with Crippen LogP contribution >= 0.6 is 58.0 Å². The number of rotatable bonds is 1. The van der Waals surface area contributed by atoms with E-state index in [9.17, 15) is 0 Å². The molecule has 0 amide bonds. The summed E-state index contributed by atoms with van der Waals surface area (Å²) in [6.45, 7) is 11.6. The average molecular weight is 804 g/mol. The Balaban J connectivity index is 1.20. The summed E-state index contributed by atoms with van der Waals surface area (Å²) in [5.41, 5.74) is 1.27. The first-order valence-electron chi connectivity index (χ1n) is 17.9. The molecule has 2 aromatic rings. The van der Waals surface area contributed by atoms with Crippen LogP contribution in [0.2, 0.25) is 0 Å². The molecular weight excluding hydrogens is 763 g/mol. The lowest BCUT2D eigenvalue weighted by molar-refractivity contribution is -0.0949. The van der Waals surface area contributed by atoms with Gasteiger partial charge in [0.25, 0.3) is 0 Å². The van der Waals surface area contributed by atoms with Crippen LogP contribution in [0.3, 0.4) is 0 Å². The molecule has 278 valence electrons. The Morgan fingerprint density at radius 2 is 1.15 bits per heavy atom. The number of nitrogens with zero attached hydrogens (tertiary/aromatic N) is 1. The highest BCUT2D eigenvalue weighted by Crippen LogP contribution is 2.58. The molecule has 0 spiro atoms. The molecule has 10 heterocycles. The van der Waals surface area contributed by atoms with Gasteiger partial charge in [-0.25, -0.2) is 0 Å². The molecule has 4 unspecified atom stereocenters. The third-order valence-corrected chi connectivity index (χ3v) is 17.5. The Hall–Kier alpha value is -2.11. The second kappa shape index (κ2) is 13.3. The summed E-state index contributed by atoms with van der Waals surface area (Å²) < 4.78 is 62.0. The van der Waals surface area contributed by atoms with Gasteiger partial charge in [0.1, 0.15) is 63.0 Å². The zero-order valence-electron chi connectivity index (χ0n) is 29.8. The van der Waals surface area contributed by atoms with E-state index in [1.54, 1.807) is 34.4 Å². The molecule has 0 saturated carbocycles. The average Bonchev–Trinajstić information content (AvgIpc) is 3.97. The fraction of sp³-hybridized carbons (Fsp3) is 0.568. The largest absolute Gasteiger partial charge is 0.495 e. The fourth-order valence-electron chi connectivity index (χ4n) is 7.67. The summed E-state index contributed by atoms with van der Waals surface area (Å²) in [6, 6.07) is 0. The summed E-state index contributed by atoms with van der Waals surface area (Å²) >= 11 is 8.81. The van der Waals surface area contributed by atoms with E-state index in [0.717, 1.165) is 92.6 Å². The van der Waals surface area contributed by atoms with Crippen LogP contribution in [0, 0.1) is 14.5 Å². The summed E-state index contributed by atoms with van der Waals surface area (Å²) in [4.78, 5) is 6.75. The molecular formula is C37H41NO9S5. The van der Waals surface area contributed by atoms with Crippen molar-refractivity contribution in [2.75, 3.05) is 73.6 Å². The minimum atomic E-state index is -0.275. The first-order chi connectivity index (χ1) is 25.3. The molecule has 8 aliphatic rings. The predicted molar refractivity (Wildman–Crippen MR) is 205 cm³/mol. The van der Waals surface area contributed by atoms with E-state index in [1.807, 2.05) is 23.5 Å². The van der Waals surface area contributed by atoms with Crippen molar-refractivity contribution in [3.05, 3.63) is 50.8 Å². The second-order valence-corrected chi connectivity index (χ2v) is 20.1. The number of hydrogen-bond acceptors (Lipinski definition) is 15. The molecule has 0 aliphatic carbocycles. The van der Waals surface area contributed by atoms with Gasteiger partial charge < -0.3 is 42.6 Å². The lowest BCUT2D eigenvalue weighted by atomic mass is 9.90. The van der Waals surface area contributed by atoms with Gasteiger partial charge in [0.2, 0.25) is 0 Å². The first kappa shape index (κ1) is 34.4. The summed E-state index contributed by atoms with van der Waals surface area (Å²) in [7, 11) is 4.22. The van der Waals surface area contributed by atoms with Crippen molar-refractivity contribution >= 4 is 67.8 Å². The van der Waals surface area contributed by atoms with Crippen molar-refractivity contribution in [3.63, 3.8) is 0 Å². The molecule has 10 rings (SSSR count). The number of likely N-dealkylation sites (N-methyl/N-ethyl adjacent to an activating group) is 1. The molecule has 4 atom stereocenters. The first-order valence-corrected chi connectivity index (χ1v) is 22.1. The normalized spacial score (nSPS) is 32.3. The SMILES string of the molecule is CN(C)C1S/C(=c2/s/c(=c3/s/c(=C4/S/C(=C5/SC(C(C)(C)C)C6=C5OCCO6)C5OCCOC45)c4c3OCCO4)c3c2OCCO3)C2=C1OCCC2. The third kappa shape index (κ3) is 5.46. The van der Waals surface area contributed by atoms with Crippen LogP contribution < -0.4 is 28.0 Å². The number of fused-ring (bicyclic) bond motifs is 3. The lowest BCUT2D eigenvalue weighted by Crippen LogP contribution is -2.37. The highest BCUT2D eigenvalue weighted by molar-refractivity contribution is 8.13. The minimum Gasteiger partial charge on any atom is -0.495 e.